The molecule has 1 unspecified atom stereocenters. The number of rotatable bonds is 5. The fraction of sp³-hybridized carbons (Fsp3) is 0.143. The summed E-state index contributed by atoms with van der Waals surface area (Å²) in [5.41, 5.74) is 2.35. The lowest BCUT2D eigenvalue weighted by Gasteiger charge is -2.21. The highest BCUT2D eigenvalue weighted by atomic mass is 32.2. The number of thiophene rings is 1. The van der Waals surface area contributed by atoms with E-state index < -0.39 is 16.1 Å². The Balaban J connectivity index is 1.72. The van der Waals surface area contributed by atoms with E-state index >= 15 is 0 Å². The number of hydrogen-bond acceptors (Lipinski definition) is 5. The highest BCUT2D eigenvalue weighted by molar-refractivity contribution is 7.92. The predicted molar refractivity (Wildman–Crippen MR) is 116 cm³/mol. The molecular weight excluding hydrogens is 425 g/mol. The topological polar surface area (TPSA) is 78.8 Å². The van der Waals surface area contributed by atoms with E-state index in [1.54, 1.807) is 48.5 Å². The first-order chi connectivity index (χ1) is 14.3. The highest BCUT2D eigenvalue weighted by Crippen LogP contribution is 2.35. The quantitative estimate of drug-likeness (QED) is 0.640. The van der Waals surface area contributed by atoms with Crippen LogP contribution in [0.25, 0.3) is 0 Å². The molecule has 154 valence electrons. The minimum absolute atomic E-state index is 0.264. The second-order valence-corrected chi connectivity index (χ2v) is 9.60. The van der Waals surface area contributed by atoms with Crippen molar-refractivity contribution in [3.63, 3.8) is 0 Å². The molecule has 2 aromatic carbocycles. The van der Waals surface area contributed by atoms with Crippen LogP contribution in [0.3, 0.4) is 0 Å². The SMILES string of the molecule is CS(=O)(=O)Nc1cccc(C2=NN(C(=O)c3cccs3)C(c3cccc(F)c3)C2)c1. The van der Waals surface area contributed by atoms with Gasteiger partial charge in [-0.2, -0.15) is 5.10 Å². The molecule has 0 spiro atoms. The molecule has 0 bridgehead atoms. The van der Waals surface area contributed by atoms with E-state index in [1.807, 2.05) is 5.38 Å². The van der Waals surface area contributed by atoms with Gasteiger partial charge in [0, 0.05) is 12.1 Å². The zero-order valence-electron chi connectivity index (χ0n) is 15.9. The minimum atomic E-state index is -3.42. The van der Waals surface area contributed by atoms with E-state index in [2.05, 4.69) is 9.82 Å². The number of hydrogen-bond donors (Lipinski definition) is 1. The number of carbonyl (C=O) groups is 1. The standard InChI is InChI=1S/C21H18FN3O3S2/c1-30(27,28)24-17-8-3-5-14(12-17)18-13-19(15-6-2-7-16(22)11-15)25(23-18)21(26)20-9-4-10-29-20/h2-12,19,24H,13H2,1H3. The Hall–Kier alpha value is -3.04. The minimum Gasteiger partial charge on any atom is -0.284 e. The molecule has 3 aromatic rings. The Morgan fingerprint density at radius 3 is 2.67 bits per heavy atom. The number of carbonyl (C=O) groups excluding carboxylic acids is 1. The van der Waals surface area contributed by atoms with Gasteiger partial charge in [-0.15, -0.1) is 11.3 Å². The third-order valence-electron chi connectivity index (χ3n) is 4.58. The van der Waals surface area contributed by atoms with Crippen molar-refractivity contribution in [2.24, 2.45) is 5.10 Å². The second-order valence-electron chi connectivity index (χ2n) is 6.90. The maximum atomic E-state index is 13.8. The largest absolute Gasteiger partial charge is 0.284 e. The number of nitrogens with one attached hydrogen (secondary N) is 1. The van der Waals surface area contributed by atoms with Crippen molar-refractivity contribution < 1.29 is 17.6 Å². The molecule has 0 saturated carbocycles. The van der Waals surface area contributed by atoms with Gasteiger partial charge in [-0.25, -0.2) is 17.8 Å². The van der Waals surface area contributed by atoms with Gasteiger partial charge in [0.1, 0.15) is 5.82 Å². The van der Waals surface area contributed by atoms with Crippen LogP contribution in [0.1, 0.15) is 33.3 Å². The van der Waals surface area contributed by atoms with Crippen molar-refractivity contribution in [2.75, 3.05) is 11.0 Å². The highest BCUT2D eigenvalue weighted by Gasteiger charge is 2.34. The smallest absolute Gasteiger partial charge is 0.284 e. The molecule has 2 heterocycles. The molecule has 30 heavy (non-hydrogen) atoms. The molecular formula is C21H18FN3O3S2. The summed E-state index contributed by atoms with van der Waals surface area (Å²) < 4.78 is 39.4. The Morgan fingerprint density at radius 2 is 1.97 bits per heavy atom. The summed E-state index contributed by atoms with van der Waals surface area (Å²) in [6.45, 7) is 0. The lowest BCUT2D eigenvalue weighted by atomic mass is 9.98. The fourth-order valence-electron chi connectivity index (χ4n) is 3.34. The maximum Gasteiger partial charge on any atom is 0.284 e. The number of halogens is 1. The fourth-order valence-corrected chi connectivity index (χ4v) is 4.55. The third kappa shape index (κ3) is 4.42. The number of anilines is 1. The predicted octanol–water partition coefficient (Wildman–Crippen LogP) is 4.25. The van der Waals surface area contributed by atoms with Gasteiger partial charge in [0.2, 0.25) is 10.0 Å². The second kappa shape index (κ2) is 8.00. The lowest BCUT2D eigenvalue weighted by molar-refractivity contribution is 0.0716. The first kappa shape index (κ1) is 20.2. The lowest BCUT2D eigenvalue weighted by Crippen LogP contribution is -2.26. The van der Waals surface area contributed by atoms with Crippen LogP contribution < -0.4 is 4.72 Å². The van der Waals surface area contributed by atoms with Gasteiger partial charge in [0.25, 0.3) is 5.91 Å². The molecule has 4 rings (SSSR count). The molecule has 0 fully saturated rings. The summed E-state index contributed by atoms with van der Waals surface area (Å²) in [6, 6.07) is 16.0. The summed E-state index contributed by atoms with van der Waals surface area (Å²) in [5, 5.41) is 7.74. The molecule has 9 heteroatoms. The van der Waals surface area contributed by atoms with Crippen LogP contribution in [0, 0.1) is 5.82 Å². The van der Waals surface area contributed by atoms with Crippen LogP contribution in [-0.2, 0) is 10.0 Å². The molecule has 1 atom stereocenters. The van der Waals surface area contributed by atoms with E-state index in [1.165, 1.54) is 28.5 Å². The van der Waals surface area contributed by atoms with Crippen molar-refractivity contribution in [1.82, 2.24) is 5.01 Å². The number of benzene rings is 2. The van der Waals surface area contributed by atoms with Crippen LogP contribution in [0.15, 0.2) is 71.1 Å². The Kier molecular flexibility index (Phi) is 5.40. The van der Waals surface area contributed by atoms with Gasteiger partial charge in [-0.3, -0.25) is 9.52 Å². The molecule has 6 nitrogen and oxygen atoms in total. The summed E-state index contributed by atoms with van der Waals surface area (Å²) in [6.07, 6.45) is 1.46. The normalized spacial score (nSPS) is 16.4. The first-order valence-corrected chi connectivity index (χ1v) is 11.9. The number of hydrazone groups is 1. The number of sulfonamides is 1. The van der Waals surface area contributed by atoms with Crippen molar-refractivity contribution in [1.29, 1.82) is 0 Å². The Morgan fingerprint density at radius 1 is 1.17 bits per heavy atom. The molecule has 1 aliphatic rings. The van der Waals surface area contributed by atoms with Gasteiger partial charge < -0.3 is 0 Å². The van der Waals surface area contributed by atoms with Gasteiger partial charge >= 0.3 is 0 Å². The van der Waals surface area contributed by atoms with Crippen molar-refractivity contribution in [3.8, 4) is 0 Å². The summed E-state index contributed by atoms with van der Waals surface area (Å²) >= 11 is 1.31. The van der Waals surface area contributed by atoms with Gasteiger partial charge in [0.05, 0.1) is 22.9 Å². The molecule has 1 N–H and O–H groups in total. The van der Waals surface area contributed by atoms with Crippen LogP contribution in [0.4, 0.5) is 10.1 Å². The Bertz CT molecular complexity index is 1220. The zero-order valence-corrected chi connectivity index (χ0v) is 17.6. The van der Waals surface area contributed by atoms with Crippen molar-refractivity contribution >= 4 is 38.7 Å². The average molecular weight is 444 g/mol. The number of amides is 1. The van der Waals surface area contributed by atoms with Crippen LogP contribution in [0.5, 0.6) is 0 Å². The molecule has 0 saturated heterocycles. The van der Waals surface area contributed by atoms with Gasteiger partial charge in [-0.05, 0) is 46.8 Å². The third-order valence-corrected chi connectivity index (χ3v) is 6.05. The molecule has 1 aliphatic heterocycles. The van der Waals surface area contributed by atoms with E-state index in [4.69, 9.17) is 0 Å². The van der Waals surface area contributed by atoms with Gasteiger partial charge in [0.15, 0.2) is 0 Å². The summed E-state index contributed by atoms with van der Waals surface area (Å²) in [7, 11) is -3.42. The van der Waals surface area contributed by atoms with E-state index in [0.29, 0.717) is 33.8 Å². The average Bonchev–Trinajstić information content (AvgIpc) is 3.37. The van der Waals surface area contributed by atoms with E-state index in [9.17, 15) is 17.6 Å². The van der Waals surface area contributed by atoms with E-state index in [-0.39, 0.29) is 11.7 Å². The van der Waals surface area contributed by atoms with Crippen LogP contribution in [0.2, 0.25) is 0 Å². The molecule has 0 radical (unpaired) electrons. The maximum absolute atomic E-state index is 13.8. The van der Waals surface area contributed by atoms with Crippen molar-refractivity contribution in [2.45, 2.75) is 12.5 Å². The monoisotopic (exact) mass is 443 g/mol. The van der Waals surface area contributed by atoms with E-state index in [0.717, 1.165) is 6.26 Å². The molecule has 1 amide bonds. The number of nitrogens with zero attached hydrogens (tertiary/aromatic N) is 2. The van der Waals surface area contributed by atoms with Crippen molar-refractivity contribution in [3.05, 3.63) is 87.9 Å². The Labute approximate surface area is 177 Å². The first-order valence-electron chi connectivity index (χ1n) is 9.08. The van der Waals surface area contributed by atoms with Crippen LogP contribution in [-0.4, -0.2) is 31.3 Å². The zero-order chi connectivity index (χ0) is 21.3. The summed E-state index contributed by atoms with van der Waals surface area (Å²) in [4.78, 5) is 13.6. The molecule has 0 aliphatic carbocycles. The molecule has 1 aromatic heterocycles. The van der Waals surface area contributed by atoms with Gasteiger partial charge in [-0.1, -0.05) is 30.3 Å². The van der Waals surface area contributed by atoms with Crippen LogP contribution >= 0.6 is 11.3 Å². The summed E-state index contributed by atoms with van der Waals surface area (Å²) in [5.74, 6) is -0.650.